The minimum Gasteiger partial charge on any atom is -0.359 e. The number of nitrogens with zero attached hydrogens (tertiary/aromatic N) is 1. The summed E-state index contributed by atoms with van der Waals surface area (Å²) in [6.07, 6.45) is 0. The maximum Gasteiger partial charge on any atom is 0.190 e. The monoisotopic (exact) mass is 333 g/mol. The van der Waals surface area contributed by atoms with E-state index >= 15 is 0 Å². The number of rotatable bonds is 2. The Morgan fingerprint density at radius 1 is 1.31 bits per heavy atom. The van der Waals surface area contributed by atoms with Gasteiger partial charge in [0.25, 0.3) is 0 Å². The quantitative estimate of drug-likeness (QED) is 0.495. The van der Waals surface area contributed by atoms with Crippen molar-refractivity contribution in [3.05, 3.63) is 34.9 Å². The van der Waals surface area contributed by atoms with E-state index < -0.39 is 0 Å². The first-order valence-corrected chi connectivity index (χ1v) is 5.12. The van der Waals surface area contributed by atoms with Crippen molar-refractivity contribution in [2.45, 2.75) is 20.4 Å². The highest BCUT2D eigenvalue weighted by molar-refractivity contribution is 14.0. The number of aryl methyl sites for hydroxylation is 2. The zero-order valence-corrected chi connectivity index (χ0v) is 12.6. The van der Waals surface area contributed by atoms with Crippen LogP contribution in [0.1, 0.15) is 16.7 Å². The number of hydrogen-bond donors (Lipinski definition) is 2. The third kappa shape index (κ3) is 4.38. The van der Waals surface area contributed by atoms with Gasteiger partial charge in [0.1, 0.15) is 0 Å². The second-order valence-electron chi connectivity index (χ2n) is 3.61. The summed E-state index contributed by atoms with van der Waals surface area (Å²) >= 11 is 0. The molecule has 0 bridgehead atoms. The molecule has 0 spiro atoms. The summed E-state index contributed by atoms with van der Waals surface area (Å²) < 4.78 is 0. The van der Waals surface area contributed by atoms with Crippen molar-refractivity contribution in [3.63, 3.8) is 0 Å². The Morgan fingerprint density at radius 2 is 2.00 bits per heavy atom. The predicted molar refractivity (Wildman–Crippen MR) is 80.6 cm³/mol. The van der Waals surface area contributed by atoms with Crippen molar-refractivity contribution in [1.29, 1.82) is 0 Å². The first-order chi connectivity index (χ1) is 7.17. The van der Waals surface area contributed by atoms with Crippen molar-refractivity contribution in [2.24, 2.45) is 4.99 Å². The third-order valence-corrected chi connectivity index (χ3v) is 2.40. The molecule has 2 N–H and O–H groups in total. The molecule has 1 aromatic rings. The van der Waals surface area contributed by atoms with E-state index in [0.29, 0.717) is 0 Å². The summed E-state index contributed by atoms with van der Waals surface area (Å²) in [4.78, 5) is 4.06. The highest BCUT2D eigenvalue weighted by Gasteiger charge is 1.99. The Kier molecular flexibility index (Phi) is 7.12. The molecule has 0 aliphatic heterocycles. The number of guanidine groups is 1. The summed E-state index contributed by atoms with van der Waals surface area (Å²) in [5, 5.41) is 6.23. The molecule has 0 heterocycles. The third-order valence-electron chi connectivity index (χ3n) is 2.40. The van der Waals surface area contributed by atoms with Gasteiger partial charge in [-0.1, -0.05) is 23.8 Å². The number of hydrogen-bond acceptors (Lipinski definition) is 1. The standard InChI is InChI=1S/C12H19N3.HI/c1-9-5-6-11(10(2)7-9)8-15-12(13-3)14-4;/h5-7H,8H2,1-4H3,(H2,13,14,15);1H. The second kappa shape index (κ2) is 7.49. The predicted octanol–water partition coefficient (Wildman–Crippen LogP) is 2.22. The van der Waals surface area contributed by atoms with Crippen LogP contribution in [-0.4, -0.2) is 20.1 Å². The van der Waals surface area contributed by atoms with Crippen molar-refractivity contribution in [2.75, 3.05) is 14.1 Å². The van der Waals surface area contributed by atoms with Gasteiger partial charge in [-0.05, 0) is 25.0 Å². The lowest BCUT2D eigenvalue weighted by Crippen LogP contribution is -2.34. The maximum atomic E-state index is 4.06. The molecule has 0 fully saturated rings. The summed E-state index contributed by atoms with van der Waals surface area (Å²) in [7, 11) is 3.62. The molecule has 0 saturated carbocycles. The molecule has 0 aliphatic carbocycles. The molecular weight excluding hydrogens is 313 g/mol. The molecule has 3 nitrogen and oxygen atoms in total. The summed E-state index contributed by atoms with van der Waals surface area (Å²) in [6.45, 7) is 5.04. The lowest BCUT2D eigenvalue weighted by Gasteiger charge is -2.10. The van der Waals surface area contributed by atoms with Crippen molar-refractivity contribution in [1.82, 2.24) is 10.6 Å². The molecule has 0 aliphatic rings. The lowest BCUT2D eigenvalue weighted by atomic mass is 10.1. The second-order valence-corrected chi connectivity index (χ2v) is 3.61. The van der Waals surface area contributed by atoms with Crippen LogP contribution in [-0.2, 0) is 6.54 Å². The van der Waals surface area contributed by atoms with Gasteiger partial charge in [0.15, 0.2) is 5.96 Å². The van der Waals surface area contributed by atoms with Crippen molar-refractivity contribution >= 4 is 29.9 Å². The summed E-state index contributed by atoms with van der Waals surface area (Å²) in [5.41, 5.74) is 3.92. The van der Waals surface area contributed by atoms with E-state index in [1.165, 1.54) is 16.7 Å². The van der Waals surface area contributed by atoms with Crippen LogP contribution in [0.4, 0.5) is 0 Å². The van der Waals surface area contributed by atoms with Crippen LogP contribution in [0.15, 0.2) is 23.2 Å². The molecule has 4 heteroatoms. The van der Waals surface area contributed by atoms with Gasteiger partial charge in [-0.3, -0.25) is 4.99 Å². The summed E-state index contributed by atoms with van der Waals surface area (Å²) in [6, 6.07) is 6.48. The van der Waals surface area contributed by atoms with E-state index in [1.807, 2.05) is 7.05 Å². The van der Waals surface area contributed by atoms with E-state index in [2.05, 4.69) is 47.7 Å². The molecular formula is C12H20IN3. The zero-order valence-electron chi connectivity index (χ0n) is 10.3. The lowest BCUT2D eigenvalue weighted by molar-refractivity contribution is 0.859. The maximum absolute atomic E-state index is 4.06. The van der Waals surface area contributed by atoms with Gasteiger partial charge in [0.05, 0.1) is 0 Å². The van der Waals surface area contributed by atoms with Gasteiger partial charge in [0.2, 0.25) is 0 Å². The van der Waals surface area contributed by atoms with Gasteiger partial charge in [-0.2, -0.15) is 0 Å². The first-order valence-electron chi connectivity index (χ1n) is 5.12. The number of nitrogens with one attached hydrogen (secondary N) is 2. The fourth-order valence-corrected chi connectivity index (χ4v) is 1.50. The Bertz CT molecular complexity index is 361. The normalized spacial score (nSPS) is 10.6. The van der Waals surface area contributed by atoms with E-state index in [1.54, 1.807) is 7.05 Å². The van der Waals surface area contributed by atoms with Crippen molar-refractivity contribution < 1.29 is 0 Å². The highest BCUT2D eigenvalue weighted by atomic mass is 127. The SMILES string of the molecule is CN=C(NC)NCc1ccc(C)cc1C.I. The van der Waals surface area contributed by atoms with Gasteiger partial charge in [-0.15, -0.1) is 24.0 Å². The average Bonchev–Trinajstić information content (AvgIpc) is 2.22. The van der Waals surface area contributed by atoms with Crippen LogP contribution < -0.4 is 10.6 Å². The Morgan fingerprint density at radius 3 is 2.50 bits per heavy atom. The molecule has 90 valence electrons. The minimum absolute atomic E-state index is 0. The van der Waals surface area contributed by atoms with Gasteiger partial charge in [-0.25, -0.2) is 0 Å². The number of aliphatic imine (C=N–C) groups is 1. The van der Waals surface area contributed by atoms with Crippen LogP contribution in [0.2, 0.25) is 0 Å². The molecule has 0 atom stereocenters. The van der Waals surface area contributed by atoms with Crippen LogP contribution in [0, 0.1) is 13.8 Å². The number of halogens is 1. The smallest absolute Gasteiger partial charge is 0.190 e. The molecule has 0 radical (unpaired) electrons. The highest BCUT2D eigenvalue weighted by Crippen LogP contribution is 2.09. The molecule has 0 aromatic heterocycles. The van der Waals surface area contributed by atoms with E-state index in [4.69, 9.17) is 0 Å². The topological polar surface area (TPSA) is 36.4 Å². The van der Waals surface area contributed by atoms with E-state index in [0.717, 1.165) is 12.5 Å². The van der Waals surface area contributed by atoms with Crippen LogP contribution in [0.25, 0.3) is 0 Å². The largest absolute Gasteiger partial charge is 0.359 e. The molecule has 0 unspecified atom stereocenters. The zero-order chi connectivity index (χ0) is 11.3. The molecule has 1 rings (SSSR count). The fourth-order valence-electron chi connectivity index (χ4n) is 1.50. The fraction of sp³-hybridized carbons (Fsp3) is 0.417. The molecule has 0 saturated heterocycles. The minimum atomic E-state index is 0. The van der Waals surface area contributed by atoms with Crippen LogP contribution >= 0.6 is 24.0 Å². The van der Waals surface area contributed by atoms with Crippen LogP contribution in [0.5, 0.6) is 0 Å². The Balaban J connectivity index is 0.00000225. The molecule has 0 amide bonds. The number of benzene rings is 1. The Labute approximate surface area is 115 Å². The average molecular weight is 333 g/mol. The Hall–Kier alpha value is -0.780. The van der Waals surface area contributed by atoms with E-state index in [9.17, 15) is 0 Å². The van der Waals surface area contributed by atoms with Gasteiger partial charge in [0, 0.05) is 20.6 Å². The first kappa shape index (κ1) is 15.2. The molecule has 16 heavy (non-hydrogen) atoms. The van der Waals surface area contributed by atoms with Crippen LogP contribution in [0.3, 0.4) is 0 Å². The van der Waals surface area contributed by atoms with E-state index in [-0.39, 0.29) is 24.0 Å². The van der Waals surface area contributed by atoms with Gasteiger partial charge < -0.3 is 10.6 Å². The summed E-state index contributed by atoms with van der Waals surface area (Å²) in [5.74, 6) is 0.815. The van der Waals surface area contributed by atoms with Crippen molar-refractivity contribution in [3.8, 4) is 0 Å². The molecule has 1 aromatic carbocycles. The van der Waals surface area contributed by atoms with Gasteiger partial charge >= 0.3 is 0 Å².